The molecule has 17 heavy (non-hydrogen) atoms. The molecule has 0 aromatic heterocycles. The summed E-state index contributed by atoms with van der Waals surface area (Å²) in [6, 6.07) is 4.19. The van der Waals surface area contributed by atoms with Crippen LogP contribution in [0.1, 0.15) is 31.4 Å². The topological polar surface area (TPSA) is 44.5 Å². The van der Waals surface area contributed by atoms with Crippen molar-refractivity contribution in [3.63, 3.8) is 0 Å². The van der Waals surface area contributed by atoms with Gasteiger partial charge in [-0.2, -0.15) is 0 Å². The standard InChI is InChI=1S/C13H18FNO2/c1-9(15)12-5-4-11(14)6-13(12)17-8-16-7-10-2-3-10/h4-6,9-10H,2-3,7-8,15H2,1H3/t9-/m0/s1. The highest BCUT2D eigenvalue weighted by Gasteiger charge is 2.21. The van der Waals surface area contributed by atoms with Gasteiger partial charge in [-0.25, -0.2) is 4.39 Å². The van der Waals surface area contributed by atoms with Gasteiger partial charge in [0.25, 0.3) is 0 Å². The Balaban J connectivity index is 1.89. The molecule has 3 nitrogen and oxygen atoms in total. The summed E-state index contributed by atoms with van der Waals surface area (Å²) < 4.78 is 23.9. The van der Waals surface area contributed by atoms with Crippen LogP contribution in [0.15, 0.2) is 18.2 Å². The summed E-state index contributed by atoms with van der Waals surface area (Å²) in [5, 5.41) is 0. The Morgan fingerprint density at radius 3 is 2.88 bits per heavy atom. The fourth-order valence-corrected chi connectivity index (χ4v) is 1.61. The minimum Gasteiger partial charge on any atom is -0.467 e. The van der Waals surface area contributed by atoms with Crippen molar-refractivity contribution in [3.8, 4) is 5.75 Å². The fraction of sp³-hybridized carbons (Fsp3) is 0.538. The van der Waals surface area contributed by atoms with Gasteiger partial charge in [-0.1, -0.05) is 6.07 Å². The van der Waals surface area contributed by atoms with Crippen molar-refractivity contribution in [3.05, 3.63) is 29.6 Å². The molecule has 0 amide bonds. The van der Waals surface area contributed by atoms with Crippen molar-refractivity contribution in [2.75, 3.05) is 13.4 Å². The van der Waals surface area contributed by atoms with Crippen molar-refractivity contribution in [2.24, 2.45) is 11.7 Å². The van der Waals surface area contributed by atoms with E-state index in [4.69, 9.17) is 15.2 Å². The van der Waals surface area contributed by atoms with Crippen molar-refractivity contribution < 1.29 is 13.9 Å². The lowest BCUT2D eigenvalue weighted by Crippen LogP contribution is -2.11. The average molecular weight is 239 g/mol. The summed E-state index contributed by atoms with van der Waals surface area (Å²) >= 11 is 0. The monoisotopic (exact) mass is 239 g/mol. The third-order valence-corrected chi connectivity index (χ3v) is 2.81. The van der Waals surface area contributed by atoms with E-state index in [1.54, 1.807) is 6.07 Å². The molecule has 0 aliphatic heterocycles. The van der Waals surface area contributed by atoms with E-state index in [1.165, 1.54) is 25.0 Å². The first-order valence-electron chi connectivity index (χ1n) is 5.92. The first-order chi connectivity index (χ1) is 8.16. The molecule has 1 atom stereocenters. The molecule has 1 saturated carbocycles. The van der Waals surface area contributed by atoms with E-state index in [1.807, 2.05) is 6.92 Å². The number of ether oxygens (including phenoxy) is 2. The lowest BCUT2D eigenvalue weighted by Gasteiger charge is -2.14. The van der Waals surface area contributed by atoms with Gasteiger partial charge >= 0.3 is 0 Å². The number of rotatable bonds is 6. The molecule has 1 aliphatic rings. The lowest BCUT2D eigenvalue weighted by molar-refractivity contribution is 0.00918. The van der Waals surface area contributed by atoms with Crippen molar-refractivity contribution in [1.29, 1.82) is 0 Å². The highest BCUT2D eigenvalue weighted by Crippen LogP contribution is 2.29. The third kappa shape index (κ3) is 3.68. The molecule has 4 heteroatoms. The minimum atomic E-state index is -0.327. The average Bonchev–Trinajstić information content (AvgIpc) is 3.08. The molecule has 0 saturated heterocycles. The SMILES string of the molecule is C[C@H](N)c1ccc(F)cc1OCOCC1CC1. The van der Waals surface area contributed by atoms with Gasteiger partial charge < -0.3 is 15.2 Å². The van der Waals surface area contributed by atoms with Crippen LogP contribution in [0.5, 0.6) is 5.75 Å². The van der Waals surface area contributed by atoms with Crippen LogP contribution in [0, 0.1) is 11.7 Å². The normalized spacial score (nSPS) is 16.9. The zero-order chi connectivity index (χ0) is 12.3. The van der Waals surface area contributed by atoms with Crippen molar-refractivity contribution >= 4 is 0 Å². The van der Waals surface area contributed by atoms with E-state index < -0.39 is 0 Å². The van der Waals surface area contributed by atoms with Crippen LogP contribution in [-0.4, -0.2) is 13.4 Å². The molecule has 1 aromatic carbocycles. The molecule has 0 radical (unpaired) electrons. The summed E-state index contributed by atoms with van der Waals surface area (Å²) in [5.41, 5.74) is 6.58. The van der Waals surface area contributed by atoms with Crippen LogP contribution in [0.25, 0.3) is 0 Å². The van der Waals surface area contributed by atoms with Gasteiger partial charge in [0.1, 0.15) is 11.6 Å². The van der Waals surface area contributed by atoms with Crippen molar-refractivity contribution in [2.45, 2.75) is 25.8 Å². The Hall–Kier alpha value is -1.13. The number of hydrogen-bond donors (Lipinski definition) is 1. The molecule has 0 heterocycles. The molecule has 2 rings (SSSR count). The second kappa shape index (κ2) is 5.47. The van der Waals surface area contributed by atoms with Crippen LogP contribution < -0.4 is 10.5 Å². The van der Waals surface area contributed by atoms with E-state index in [9.17, 15) is 4.39 Å². The predicted octanol–water partition coefficient (Wildman–Crippen LogP) is 2.61. The largest absolute Gasteiger partial charge is 0.467 e. The second-order valence-corrected chi connectivity index (χ2v) is 4.55. The molecule has 0 bridgehead atoms. The summed E-state index contributed by atoms with van der Waals surface area (Å²) in [6.45, 7) is 2.72. The lowest BCUT2D eigenvalue weighted by atomic mass is 10.1. The van der Waals surface area contributed by atoms with Gasteiger partial charge in [0.2, 0.25) is 0 Å². The van der Waals surface area contributed by atoms with Crippen LogP contribution >= 0.6 is 0 Å². The molecule has 0 spiro atoms. The van der Waals surface area contributed by atoms with E-state index in [0.717, 1.165) is 12.2 Å². The molecule has 1 aromatic rings. The maximum atomic E-state index is 13.1. The molecular formula is C13H18FNO2. The first kappa shape index (κ1) is 12.3. The van der Waals surface area contributed by atoms with Crippen LogP contribution in [0.3, 0.4) is 0 Å². The number of hydrogen-bond acceptors (Lipinski definition) is 3. The molecule has 2 N–H and O–H groups in total. The zero-order valence-electron chi connectivity index (χ0n) is 9.99. The Morgan fingerprint density at radius 1 is 1.47 bits per heavy atom. The Morgan fingerprint density at radius 2 is 2.24 bits per heavy atom. The molecule has 94 valence electrons. The van der Waals surface area contributed by atoms with Crippen LogP contribution in [0.2, 0.25) is 0 Å². The highest BCUT2D eigenvalue weighted by atomic mass is 19.1. The van der Waals surface area contributed by atoms with Gasteiger partial charge in [-0.15, -0.1) is 0 Å². The fourth-order valence-electron chi connectivity index (χ4n) is 1.61. The minimum absolute atomic E-state index is 0.152. The number of benzene rings is 1. The molecular weight excluding hydrogens is 221 g/mol. The summed E-state index contributed by atoms with van der Waals surface area (Å²) in [7, 11) is 0. The van der Waals surface area contributed by atoms with Crippen LogP contribution in [0.4, 0.5) is 4.39 Å². The van der Waals surface area contributed by atoms with E-state index in [-0.39, 0.29) is 18.7 Å². The van der Waals surface area contributed by atoms with Gasteiger partial charge in [-0.3, -0.25) is 0 Å². The summed E-state index contributed by atoms with van der Waals surface area (Å²) in [6.07, 6.45) is 2.48. The first-order valence-corrected chi connectivity index (χ1v) is 5.92. The highest BCUT2D eigenvalue weighted by molar-refractivity contribution is 5.35. The Labute approximate surface area is 101 Å². The van der Waals surface area contributed by atoms with Gasteiger partial charge in [0, 0.05) is 17.7 Å². The number of nitrogens with two attached hydrogens (primary N) is 1. The second-order valence-electron chi connectivity index (χ2n) is 4.55. The van der Waals surface area contributed by atoms with Gasteiger partial charge in [0.05, 0.1) is 6.61 Å². The zero-order valence-corrected chi connectivity index (χ0v) is 9.99. The van der Waals surface area contributed by atoms with E-state index >= 15 is 0 Å². The van der Waals surface area contributed by atoms with Crippen LogP contribution in [-0.2, 0) is 4.74 Å². The Bertz CT molecular complexity index is 378. The number of halogens is 1. The summed E-state index contributed by atoms with van der Waals surface area (Å²) in [5.74, 6) is 0.835. The Kier molecular flexibility index (Phi) is 3.97. The smallest absolute Gasteiger partial charge is 0.189 e. The van der Waals surface area contributed by atoms with E-state index in [0.29, 0.717) is 11.7 Å². The molecule has 1 fully saturated rings. The van der Waals surface area contributed by atoms with Gasteiger partial charge in [0.15, 0.2) is 6.79 Å². The quantitative estimate of drug-likeness (QED) is 0.613. The maximum Gasteiger partial charge on any atom is 0.189 e. The van der Waals surface area contributed by atoms with E-state index in [2.05, 4.69) is 0 Å². The molecule has 1 aliphatic carbocycles. The molecule has 0 unspecified atom stereocenters. The third-order valence-electron chi connectivity index (χ3n) is 2.81. The van der Waals surface area contributed by atoms with Gasteiger partial charge in [-0.05, 0) is 31.7 Å². The van der Waals surface area contributed by atoms with Crippen molar-refractivity contribution in [1.82, 2.24) is 0 Å². The summed E-state index contributed by atoms with van der Waals surface area (Å²) in [4.78, 5) is 0. The maximum absolute atomic E-state index is 13.1. The predicted molar refractivity (Wildman–Crippen MR) is 63.2 cm³/mol.